The fraction of sp³-hybridized carbons (Fsp3) is 1.00. The Balaban J connectivity index is 3.67. The highest BCUT2D eigenvalue weighted by atomic mass is 14.2. The minimum atomic E-state index is 0.861. The summed E-state index contributed by atoms with van der Waals surface area (Å²) in [6, 6.07) is 0. The van der Waals surface area contributed by atoms with Gasteiger partial charge >= 0.3 is 0 Å². The smallest absolute Gasteiger partial charge is 0.0438 e. The van der Waals surface area contributed by atoms with Gasteiger partial charge in [-0.15, -0.1) is 0 Å². The van der Waals surface area contributed by atoms with Gasteiger partial charge < -0.3 is 0 Å². The maximum atomic E-state index is 2.43. The lowest BCUT2D eigenvalue weighted by Gasteiger charge is -2.21. The summed E-state index contributed by atoms with van der Waals surface area (Å²) in [6.07, 6.45) is 6.99. The Morgan fingerprint density at radius 1 is 0.667 bits per heavy atom. The van der Waals surface area contributed by atoms with Gasteiger partial charge in [-0.05, 0) is 42.9 Å². The molecule has 0 bridgehead atoms. The van der Waals surface area contributed by atoms with Crippen LogP contribution in [0.15, 0.2) is 0 Å². The predicted octanol–water partition coefficient (Wildman–Crippen LogP) is 5.52. The van der Waals surface area contributed by atoms with Crippen molar-refractivity contribution in [1.29, 1.82) is 0 Å². The Morgan fingerprint density at radius 3 is 1.60 bits per heavy atom. The van der Waals surface area contributed by atoms with E-state index in [0.717, 1.165) is 23.7 Å². The molecule has 0 aliphatic carbocycles. The van der Waals surface area contributed by atoms with Gasteiger partial charge in [0.05, 0.1) is 0 Å². The van der Waals surface area contributed by atoms with Crippen LogP contribution in [0, 0.1) is 23.7 Å². The van der Waals surface area contributed by atoms with E-state index < -0.39 is 0 Å². The third-order valence-corrected chi connectivity index (χ3v) is 3.26. The van der Waals surface area contributed by atoms with E-state index in [9.17, 15) is 0 Å². The number of hydrogen-bond acceptors (Lipinski definition) is 0. The van der Waals surface area contributed by atoms with Crippen LogP contribution in [0.25, 0.3) is 0 Å². The van der Waals surface area contributed by atoms with E-state index in [2.05, 4.69) is 41.5 Å². The first-order valence-electron chi connectivity index (χ1n) is 6.95. The number of hydrogen-bond donors (Lipinski definition) is 0. The molecule has 0 N–H and O–H groups in total. The summed E-state index contributed by atoms with van der Waals surface area (Å²) in [5, 5.41) is 0. The lowest BCUT2D eigenvalue weighted by Crippen LogP contribution is -2.09. The first-order chi connectivity index (χ1) is 6.95. The van der Waals surface area contributed by atoms with Crippen LogP contribution in [0.2, 0.25) is 0 Å². The van der Waals surface area contributed by atoms with Crippen molar-refractivity contribution in [2.75, 3.05) is 0 Å². The molecule has 0 fully saturated rings. The molecular weight excluding hydrogens is 180 g/mol. The third-order valence-electron chi connectivity index (χ3n) is 3.26. The van der Waals surface area contributed by atoms with Crippen molar-refractivity contribution < 1.29 is 0 Å². The van der Waals surface area contributed by atoms with Crippen LogP contribution in [0.3, 0.4) is 0 Å². The lowest BCUT2D eigenvalue weighted by molar-refractivity contribution is 0.306. The van der Waals surface area contributed by atoms with Crippen LogP contribution in [0.1, 0.15) is 73.6 Å². The van der Waals surface area contributed by atoms with Gasteiger partial charge in [0.25, 0.3) is 0 Å². The monoisotopic (exact) mass is 212 g/mol. The highest BCUT2D eigenvalue weighted by molar-refractivity contribution is 4.64. The van der Waals surface area contributed by atoms with Gasteiger partial charge in [-0.2, -0.15) is 0 Å². The molecule has 0 nitrogen and oxygen atoms in total. The van der Waals surface area contributed by atoms with Crippen molar-refractivity contribution in [3.8, 4) is 0 Å². The Bertz CT molecular complexity index is 137. The molecule has 0 radical (unpaired) electrons. The highest BCUT2D eigenvalue weighted by Crippen LogP contribution is 2.25. The topological polar surface area (TPSA) is 0 Å². The van der Waals surface area contributed by atoms with Crippen LogP contribution in [0.4, 0.5) is 0 Å². The molecule has 0 heterocycles. The molecule has 0 aliphatic heterocycles. The fourth-order valence-electron chi connectivity index (χ4n) is 2.98. The average Bonchev–Trinajstić information content (AvgIpc) is 2.00. The molecule has 92 valence electrons. The quantitative estimate of drug-likeness (QED) is 0.497. The van der Waals surface area contributed by atoms with Crippen molar-refractivity contribution in [3.63, 3.8) is 0 Å². The lowest BCUT2D eigenvalue weighted by atomic mass is 9.85. The third kappa shape index (κ3) is 8.96. The molecule has 3 atom stereocenters. The van der Waals surface area contributed by atoms with E-state index >= 15 is 0 Å². The average molecular weight is 212 g/mol. The Labute approximate surface area is 97.8 Å². The highest BCUT2D eigenvalue weighted by Gasteiger charge is 2.12. The van der Waals surface area contributed by atoms with Gasteiger partial charge in [0, 0.05) is 0 Å². The largest absolute Gasteiger partial charge is 0.0654 e. The minimum absolute atomic E-state index is 0.861. The van der Waals surface area contributed by atoms with Crippen LogP contribution in [-0.4, -0.2) is 0 Å². The van der Waals surface area contributed by atoms with Crippen molar-refractivity contribution in [2.45, 2.75) is 73.6 Å². The molecule has 0 saturated carbocycles. The second-order valence-corrected chi connectivity index (χ2v) is 6.21. The van der Waals surface area contributed by atoms with Crippen LogP contribution in [0.5, 0.6) is 0 Å². The maximum Gasteiger partial charge on any atom is -0.0438 e. The number of rotatable bonds is 8. The summed E-state index contributed by atoms with van der Waals surface area (Å²) in [4.78, 5) is 0. The van der Waals surface area contributed by atoms with Gasteiger partial charge in [0.1, 0.15) is 0 Å². The molecule has 0 rings (SSSR count). The summed E-state index contributed by atoms with van der Waals surface area (Å²) in [6.45, 7) is 14.2. The van der Waals surface area contributed by atoms with Gasteiger partial charge in [0.15, 0.2) is 0 Å². The van der Waals surface area contributed by atoms with Crippen LogP contribution in [-0.2, 0) is 0 Å². The molecule has 0 saturated heterocycles. The van der Waals surface area contributed by atoms with Crippen molar-refractivity contribution in [3.05, 3.63) is 0 Å². The minimum Gasteiger partial charge on any atom is -0.0654 e. The van der Waals surface area contributed by atoms with Crippen LogP contribution >= 0.6 is 0 Å². The van der Waals surface area contributed by atoms with E-state index in [1.54, 1.807) is 0 Å². The summed E-state index contributed by atoms with van der Waals surface area (Å²) in [7, 11) is 0. The van der Waals surface area contributed by atoms with E-state index in [1.165, 1.54) is 32.1 Å². The fourth-order valence-corrected chi connectivity index (χ4v) is 2.98. The predicted molar refractivity (Wildman–Crippen MR) is 71.1 cm³/mol. The zero-order valence-electron chi connectivity index (χ0n) is 11.8. The normalized spacial score (nSPS) is 17.8. The summed E-state index contributed by atoms with van der Waals surface area (Å²) in [5.74, 6) is 3.62. The van der Waals surface area contributed by atoms with Gasteiger partial charge in [-0.25, -0.2) is 0 Å². The van der Waals surface area contributed by atoms with E-state index in [4.69, 9.17) is 0 Å². The molecule has 0 aromatic carbocycles. The molecule has 0 aromatic rings. The molecule has 0 amide bonds. The zero-order chi connectivity index (χ0) is 11.8. The van der Waals surface area contributed by atoms with E-state index in [0.29, 0.717) is 0 Å². The Hall–Kier alpha value is 0. The van der Waals surface area contributed by atoms with Crippen molar-refractivity contribution in [1.82, 2.24) is 0 Å². The second-order valence-electron chi connectivity index (χ2n) is 6.21. The zero-order valence-corrected chi connectivity index (χ0v) is 11.8. The van der Waals surface area contributed by atoms with Gasteiger partial charge in [-0.1, -0.05) is 54.4 Å². The molecular formula is C15H32. The molecule has 0 aliphatic rings. The SMILES string of the molecule is CCC[C@H](C)C[C@H](C)C[C@H](C)CC(C)C. The van der Waals surface area contributed by atoms with Crippen LogP contribution < -0.4 is 0 Å². The van der Waals surface area contributed by atoms with Crippen molar-refractivity contribution >= 4 is 0 Å². The van der Waals surface area contributed by atoms with Gasteiger partial charge in [-0.3, -0.25) is 0 Å². The Kier molecular flexibility index (Phi) is 8.19. The van der Waals surface area contributed by atoms with Gasteiger partial charge in [0.2, 0.25) is 0 Å². The summed E-state index contributed by atoms with van der Waals surface area (Å²) >= 11 is 0. The van der Waals surface area contributed by atoms with Crippen molar-refractivity contribution in [2.24, 2.45) is 23.7 Å². The second kappa shape index (κ2) is 8.19. The molecule has 0 heteroatoms. The first-order valence-corrected chi connectivity index (χ1v) is 6.95. The van der Waals surface area contributed by atoms with E-state index in [-0.39, 0.29) is 0 Å². The molecule has 0 unspecified atom stereocenters. The first kappa shape index (κ1) is 15.0. The molecule has 0 spiro atoms. The Morgan fingerprint density at radius 2 is 1.13 bits per heavy atom. The van der Waals surface area contributed by atoms with E-state index in [1.807, 2.05) is 0 Å². The molecule has 0 aromatic heterocycles. The standard InChI is InChI=1S/C15H32/c1-7-8-13(4)10-15(6)11-14(5)9-12(2)3/h12-15H,7-11H2,1-6H3/t13-,14+,15-/m0/s1. The molecule has 15 heavy (non-hydrogen) atoms. The summed E-state index contributed by atoms with van der Waals surface area (Å²) in [5.41, 5.74) is 0. The summed E-state index contributed by atoms with van der Waals surface area (Å²) < 4.78 is 0. The maximum absolute atomic E-state index is 2.43.